The van der Waals surface area contributed by atoms with E-state index in [4.69, 9.17) is 0 Å². The summed E-state index contributed by atoms with van der Waals surface area (Å²) < 4.78 is 0. The fourth-order valence-electron chi connectivity index (χ4n) is 1.09. The molecule has 1 rings (SSSR count). The molecule has 0 aromatic rings. The second-order valence-electron chi connectivity index (χ2n) is 2.72. The van der Waals surface area contributed by atoms with Crippen molar-refractivity contribution in [3.8, 4) is 0 Å². The minimum atomic E-state index is 1.11. The van der Waals surface area contributed by atoms with Gasteiger partial charge in [-0.15, -0.1) is 0 Å². The quantitative estimate of drug-likeness (QED) is 0.516. The van der Waals surface area contributed by atoms with Crippen LogP contribution in [0.25, 0.3) is 0 Å². The monoisotopic (exact) mass is 134 g/mol. The van der Waals surface area contributed by atoms with Gasteiger partial charge in [0.05, 0.1) is 0 Å². The molecule has 0 N–H and O–H groups in total. The molecular formula is C10H14. The first-order valence-electron chi connectivity index (χ1n) is 3.86. The topological polar surface area (TPSA) is 0 Å². The van der Waals surface area contributed by atoms with Gasteiger partial charge in [0.25, 0.3) is 0 Å². The Morgan fingerprint density at radius 2 is 2.30 bits per heavy atom. The van der Waals surface area contributed by atoms with E-state index in [1.807, 2.05) is 0 Å². The average molecular weight is 134 g/mol. The van der Waals surface area contributed by atoms with Crippen molar-refractivity contribution in [3.05, 3.63) is 35.5 Å². The van der Waals surface area contributed by atoms with Crippen LogP contribution in [0.15, 0.2) is 35.5 Å². The molecule has 1 aliphatic carbocycles. The molecule has 0 spiro atoms. The number of rotatable bonds is 1. The summed E-state index contributed by atoms with van der Waals surface area (Å²) >= 11 is 0. The highest BCUT2D eigenvalue weighted by molar-refractivity contribution is 5.30. The fraction of sp³-hybridized carbons (Fsp3) is 0.400. The largest absolute Gasteiger partial charge is 0.0805 e. The lowest BCUT2D eigenvalue weighted by atomic mass is 10.1. The Hall–Kier alpha value is -0.780. The van der Waals surface area contributed by atoms with Crippen molar-refractivity contribution in [2.24, 2.45) is 0 Å². The maximum Gasteiger partial charge on any atom is -0.0135 e. The van der Waals surface area contributed by atoms with Crippen molar-refractivity contribution in [2.75, 3.05) is 0 Å². The van der Waals surface area contributed by atoms with Crippen molar-refractivity contribution in [2.45, 2.75) is 26.7 Å². The maximum atomic E-state index is 2.28. The third-order valence-corrected chi connectivity index (χ3v) is 1.73. The number of hydrogen-bond donors (Lipinski definition) is 0. The van der Waals surface area contributed by atoms with Crippen molar-refractivity contribution < 1.29 is 0 Å². The van der Waals surface area contributed by atoms with Gasteiger partial charge in [-0.25, -0.2) is 0 Å². The Morgan fingerprint density at radius 1 is 1.50 bits per heavy atom. The standard InChI is InChI=1S/C10H14/c1-3-10-7-5-4-6-9(2)8-10/h4-5,7-8H,3,6H2,1-2H3. The van der Waals surface area contributed by atoms with Crippen LogP contribution in [0, 0.1) is 0 Å². The molecule has 0 aromatic heterocycles. The van der Waals surface area contributed by atoms with Gasteiger partial charge < -0.3 is 0 Å². The predicted octanol–water partition coefficient (Wildman–Crippen LogP) is 3.23. The van der Waals surface area contributed by atoms with E-state index in [1.54, 1.807) is 0 Å². The zero-order valence-corrected chi connectivity index (χ0v) is 6.72. The minimum Gasteiger partial charge on any atom is -0.0805 e. The summed E-state index contributed by atoms with van der Waals surface area (Å²) in [6.45, 7) is 4.37. The second kappa shape index (κ2) is 3.40. The van der Waals surface area contributed by atoms with Gasteiger partial charge in [-0.2, -0.15) is 0 Å². The summed E-state index contributed by atoms with van der Waals surface area (Å²) in [5.41, 5.74) is 2.90. The molecule has 0 saturated carbocycles. The van der Waals surface area contributed by atoms with Crippen molar-refractivity contribution in [1.82, 2.24) is 0 Å². The second-order valence-corrected chi connectivity index (χ2v) is 2.72. The van der Waals surface area contributed by atoms with E-state index in [0.717, 1.165) is 12.8 Å². The van der Waals surface area contributed by atoms with Gasteiger partial charge in [-0.3, -0.25) is 0 Å². The van der Waals surface area contributed by atoms with Gasteiger partial charge >= 0.3 is 0 Å². The van der Waals surface area contributed by atoms with Gasteiger partial charge in [0.15, 0.2) is 0 Å². The molecule has 0 heterocycles. The molecular weight excluding hydrogens is 120 g/mol. The molecule has 0 atom stereocenters. The lowest BCUT2D eigenvalue weighted by molar-refractivity contribution is 1.13. The highest BCUT2D eigenvalue weighted by Crippen LogP contribution is 2.13. The zero-order chi connectivity index (χ0) is 7.40. The number of hydrogen-bond acceptors (Lipinski definition) is 0. The Morgan fingerprint density at radius 3 is 3.00 bits per heavy atom. The summed E-state index contributed by atoms with van der Waals surface area (Å²) in [6, 6.07) is 0. The molecule has 0 bridgehead atoms. The molecule has 0 aliphatic heterocycles. The van der Waals surface area contributed by atoms with Crippen LogP contribution in [-0.4, -0.2) is 0 Å². The van der Waals surface area contributed by atoms with Gasteiger partial charge in [0.2, 0.25) is 0 Å². The molecule has 0 aromatic carbocycles. The van der Waals surface area contributed by atoms with Gasteiger partial charge in [-0.05, 0) is 25.3 Å². The maximum absolute atomic E-state index is 2.28. The van der Waals surface area contributed by atoms with Crippen LogP contribution >= 0.6 is 0 Å². The minimum absolute atomic E-state index is 1.11. The average Bonchev–Trinajstić information content (AvgIpc) is 2.13. The van der Waals surface area contributed by atoms with Crippen molar-refractivity contribution >= 4 is 0 Å². The van der Waals surface area contributed by atoms with E-state index in [1.165, 1.54) is 11.1 Å². The van der Waals surface area contributed by atoms with Crippen LogP contribution in [0.5, 0.6) is 0 Å². The summed E-state index contributed by atoms with van der Waals surface area (Å²) in [7, 11) is 0. The molecule has 0 saturated heterocycles. The van der Waals surface area contributed by atoms with E-state index in [-0.39, 0.29) is 0 Å². The summed E-state index contributed by atoms with van der Waals surface area (Å²) in [5, 5.41) is 0. The van der Waals surface area contributed by atoms with Gasteiger partial charge in [0.1, 0.15) is 0 Å². The Kier molecular flexibility index (Phi) is 2.49. The van der Waals surface area contributed by atoms with Crippen LogP contribution in [0.3, 0.4) is 0 Å². The lowest BCUT2D eigenvalue weighted by Gasteiger charge is -1.95. The van der Waals surface area contributed by atoms with Crippen LogP contribution in [0.2, 0.25) is 0 Å². The van der Waals surface area contributed by atoms with Crippen molar-refractivity contribution in [3.63, 3.8) is 0 Å². The SMILES string of the molecule is CCC1=CC=CCC(C)=C1. The third-order valence-electron chi connectivity index (χ3n) is 1.73. The molecule has 0 nitrogen and oxygen atoms in total. The van der Waals surface area contributed by atoms with E-state index >= 15 is 0 Å². The van der Waals surface area contributed by atoms with Gasteiger partial charge in [0, 0.05) is 0 Å². The van der Waals surface area contributed by atoms with Crippen LogP contribution in [-0.2, 0) is 0 Å². The Bertz CT molecular complexity index is 189. The first-order chi connectivity index (χ1) is 4.83. The first kappa shape index (κ1) is 7.33. The molecule has 0 heteroatoms. The van der Waals surface area contributed by atoms with Crippen molar-refractivity contribution in [1.29, 1.82) is 0 Å². The molecule has 54 valence electrons. The summed E-state index contributed by atoms with van der Waals surface area (Å²) in [5.74, 6) is 0. The predicted molar refractivity (Wildman–Crippen MR) is 45.9 cm³/mol. The normalized spacial score (nSPS) is 17.8. The third kappa shape index (κ3) is 1.87. The summed E-state index contributed by atoms with van der Waals surface area (Å²) in [6.07, 6.45) is 11.1. The lowest BCUT2D eigenvalue weighted by Crippen LogP contribution is -1.75. The summed E-state index contributed by atoms with van der Waals surface area (Å²) in [4.78, 5) is 0. The smallest absolute Gasteiger partial charge is 0.0135 e. The van der Waals surface area contributed by atoms with E-state index in [9.17, 15) is 0 Å². The molecule has 1 aliphatic rings. The van der Waals surface area contributed by atoms with Crippen LogP contribution < -0.4 is 0 Å². The number of allylic oxidation sites excluding steroid dienone is 6. The van der Waals surface area contributed by atoms with E-state index in [2.05, 4.69) is 38.2 Å². The fourth-order valence-corrected chi connectivity index (χ4v) is 1.09. The van der Waals surface area contributed by atoms with E-state index in [0.29, 0.717) is 0 Å². The Balaban J connectivity index is 2.78. The molecule has 10 heavy (non-hydrogen) atoms. The first-order valence-corrected chi connectivity index (χ1v) is 3.86. The van der Waals surface area contributed by atoms with Crippen LogP contribution in [0.4, 0.5) is 0 Å². The highest BCUT2D eigenvalue weighted by atomic mass is 14.0. The van der Waals surface area contributed by atoms with Crippen LogP contribution in [0.1, 0.15) is 26.7 Å². The van der Waals surface area contributed by atoms with E-state index < -0.39 is 0 Å². The molecule has 0 radical (unpaired) electrons. The molecule has 0 fully saturated rings. The zero-order valence-electron chi connectivity index (χ0n) is 6.72. The molecule has 0 amide bonds. The Labute approximate surface area is 62.9 Å². The van der Waals surface area contributed by atoms with Gasteiger partial charge in [-0.1, -0.05) is 36.8 Å². The molecule has 0 unspecified atom stereocenters. The highest BCUT2D eigenvalue weighted by Gasteiger charge is 1.92.